The Morgan fingerprint density at radius 3 is 2.62 bits per heavy atom. The van der Waals surface area contributed by atoms with Gasteiger partial charge < -0.3 is 24.9 Å². The van der Waals surface area contributed by atoms with E-state index in [0.717, 1.165) is 0 Å². The highest BCUT2D eigenvalue weighted by Gasteiger charge is 2.33. The van der Waals surface area contributed by atoms with Gasteiger partial charge in [-0.05, 0) is 6.92 Å². The molecule has 0 aromatic heterocycles. The molecule has 1 fully saturated rings. The molecule has 0 spiro atoms. The van der Waals surface area contributed by atoms with Crippen molar-refractivity contribution in [2.75, 3.05) is 26.3 Å². The number of nitrogens with one attached hydrogen (secondary N) is 1. The Balaban J connectivity index is 1.82. The van der Waals surface area contributed by atoms with Crippen LogP contribution in [0.15, 0.2) is 5.16 Å². The Hall–Kier alpha value is -2.16. The van der Waals surface area contributed by atoms with Gasteiger partial charge in [0.2, 0.25) is 12.0 Å². The number of carboxylic acids is 1. The second kappa shape index (κ2) is 6.53. The van der Waals surface area contributed by atoms with Crippen molar-refractivity contribution in [3.05, 3.63) is 0 Å². The Kier molecular flexibility index (Phi) is 4.73. The molecule has 2 rings (SSSR count). The standard InChI is InChI=1S/C12H17N3O6/c1-7(11(17)15-2-4-20-5-3-15)13-10(16)9-6-8(12(18)19)14-21-9/h7,9H,2-6H2,1H3,(H,13,16)(H,18,19). The van der Waals surface area contributed by atoms with Crippen molar-refractivity contribution in [1.29, 1.82) is 0 Å². The van der Waals surface area contributed by atoms with Crippen molar-refractivity contribution in [2.24, 2.45) is 5.16 Å². The second-order valence-electron chi connectivity index (χ2n) is 4.81. The number of oxime groups is 1. The maximum atomic E-state index is 12.1. The van der Waals surface area contributed by atoms with Gasteiger partial charge in [-0.2, -0.15) is 0 Å². The van der Waals surface area contributed by atoms with Gasteiger partial charge in [0.25, 0.3) is 5.91 Å². The zero-order valence-corrected chi connectivity index (χ0v) is 11.6. The molecule has 2 atom stereocenters. The monoisotopic (exact) mass is 299 g/mol. The highest BCUT2D eigenvalue weighted by atomic mass is 16.6. The smallest absolute Gasteiger partial charge is 0.353 e. The predicted octanol–water partition coefficient (Wildman–Crippen LogP) is -1.42. The van der Waals surface area contributed by atoms with Crippen LogP contribution in [0.25, 0.3) is 0 Å². The molecule has 0 saturated carbocycles. The lowest BCUT2D eigenvalue weighted by molar-refractivity contribution is -0.141. The van der Waals surface area contributed by atoms with Gasteiger partial charge in [-0.3, -0.25) is 9.59 Å². The number of carbonyl (C=O) groups excluding carboxylic acids is 2. The van der Waals surface area contributed by atoms with E-state index < -0.39 is 24.0 Å². The first-order valence-electron chi connectivity index (χ1n) is 6.62. The zero-order chi connectivity index (χ0) is 15.4. The minimum absolute atomic E-state index is 0.111. The van der Waals surface area contributed by atoms with Crippen molar-refractivity contribution in [1.82, 2.24) is 10.2 Å². The van der Waals surface area contributed by atoms with Crippen molar-refractivity contribution in [3.63, 3.8) is 0 Å². The van der Waals surface area contributed by atoms with Gasteiger partial charge in [-0.15, -0.1) is 0 Å². The van der Waals surface area contributed by atoms with Crippen LogP contribution in [-0.4, -0.2) is 72.0 Å². The molecule has 2 aliphatic heterocycles. The largest absolute Gasteiger partial charge is 0.477 e. The van der Waals surface area contributed by atoms with Crippen LogP contribution in [-0.2, 0) is 24.0 Å². The summed E-state index contributed by atoms with van der Waals surface area (Å²) in [5.74, 6) is -1.98. The first kappa shape index (κ1) is 15.2. The van der Waals surface area contributed by atoms with E-state index in [4.69, 9.17) is 14.7 Å². The quantitative estimate of drug-likeness (QED) is 0.658. The first-order chi connectivity index (χ1) is 9.99. The second-order valence-corrected chi connectivity index (χ2v) is 4.81. The molecule has 2 amide bonds. The van der Waals surface area contributed by atoms with Crippen molar-refractivity contribution in [3.8, 4) is 0 Å². The summed E-state index contributed by atoms with van der Waals surface area (Å²) < 4.78 is 5.15. The van der Waals surface area contributed by atoms with E-state index in [9.17, 15) is 14.4 Å². The molecule has 21 heavy (non-hydrogen) atoms. The summed E-state index contributed by atoms with van der Waals surface area (Å²) in [5.41, 5.74) is -0.206. The van der Waals surface area contributed by atoms with E-state index in [2.05, 4.69) is 10.5 Å². The lowest BCUT2D eigenvalue weighted by atomic mass is 10.1. The highest BCUT2D eigenvalue weighted by molar-refractivity contribution is 6.36. The maximum absolute atomic E-state index is 12.1. The van der Waals surface area contributed by atoms with Crippen LogP contribution in [0.2, 0.25) is 0 Å². The number of morpholine rings is 1. The molecular weight excluding hydrogens is 282 g/mol. The van der Waals surface area contributed by atoms with E-state index in [1.807, 2.05) is 0 Å². The molecule has 2 unspecified atom stereocenters. The first-order valence-corrected chi connectivity index (χ1v) is 6.62. The van der Waals surface area contributed by atoms with Crippen LogP contribution in [0, 0.1) is 0 Å². The molecule has 1 saturated heterocycles. The van der Waals surface area contributed by atoms with E-state index in [-0.39, 0.29) is 18.0 Å². The molecule has 116 valence electrons. The Morgan fingerprint density at radius 1 is 1.38 bits per heavy atom. The summed E-state index contributed by atoms with van der Waals surface area (Å²) in [4.78, 5) is 41.1. The Labute approximate surface area is 120 Å². The summed E-state index contributed by atoms with van der Waals surface area (Å²) in [7, 11) is 0. The third-order valence-corrected chi connectivity index (χ3v) is 3.26. The van der Waals surface area contributed by atoms with Gasteiger partial charge in [0.15, 0.2) is 5.71 Å². The van der Waals surface area contributed by atoms with E-state index >= 15 is 0 Å². The molecule has 2 heterocycles. The van der Waals surface area contributed by atoms with Crippen LogP contribution < -0.4 is 5.32 Å². The van der Waals surface area contributed by atoms with Crippen molar-refractivity contribution >= 4 is 23.5 Å². The molecule has 0 aromatic carbocycles. The number of nitrogens with zero attached hydrogens (tertiary/aromatic N) is 2. The third-order valence-electron chi connectivity index (χ3n) is 3.26. The van der Waals surface area contributed by atoms with Crippen LogP contribution in [0.1, 0.15) is 13.3 Å². The van der Waals surface area contributed by atoms with Gasteiger partial charge in [0, 0.05) is 19.5 Å². The zero-order valence-electron chi connectivity index (χ0n) is 11.6. The third kappa shape index (κ3) is 3.69. The van der Waals surface area contributed by atoms with Gasteiger partial charge in [0.1, 0.15) is 6.04 Å². The number of carboxylic acid groups (broad SMARTS) is 1. The number of aliphatic carboxylic acids is 1. The normalized spacial score (nSPS) is 23.0. The van der Waals surface area contributed by atoms with Crippen LogP contribution in [0.4, 0.5) is 0 Å². The molecule has 2 aliphatic rings. The molecule has 9 heteroatoms. The van der Waals surface area contributed by atoms with E-state index in [0.29, 0.717) is 26.3 Å². The number of hydrogen-bond donors (Lipinski definition) is 2. The topological polar surface area (TPSA) is 118 Å². The van der Waals surface area contributed by atoms with Crippen molar-refractivity contribution < 1.29 is 29.1 Å². The van der Waals surface area contributed by atoms with Crippen LogP contribution in [0.3, 0.4) is 0 Å². The molecular formula is C12H17N3O6. The van der Waals surface area contributed by atoms with E-state index in [1.165, 1.54) is 0 Å². The SMILES string of the molecule is CC(NC(=O)C1CC(C(=O)O)=NO1)C(=O)N1CCOCC1. The Morgan fingerprint density at radius 2 is 2.05 bits per heavy atom. The van der Waals surface area contributed by atoms with Gasteiger partial charge in [-0.25, -0.2) is 4.79 Å². The summed E-state index contributed by atoms with van der Waals surface area (Å²) in [6.45, 7) is 3.52. The fraction of sp³-hybridized carbons (Fsp3) is 0.667. The van der Waals surface area contributed by atoms with Gasteiger partial charge >= 0.3 is 5.97 Å². The number of carbonyl (C=O) groups is 3. The fourth-order valence-electron chi connectivity index (χ4n) is 2.07. The highest BCUT2D eigenvalue weighted by Crippen LogP contribution is 2.11. The van der Waals surface area contributed by atoms with E-state index in [1.54, 1.807) is 11.8 Å². The maximum Gasteiger partial charge on any atom is 0.353 e. The number of rotatable bonds is 4. The number of hydrogen-bond acceptors (Lipinski definition) is 6. The lowest BCUT2D eigenvalue weighted by Gasteiger charge is -2.29. The van der Waals surface area contributed by atoms with Crippen LogP contribution >= 0.6 is 0 Å². The molecule has 0 aromatic rings. The summed E-state index contributed by atoms with van der Waals surface area (Å²) in [6, 6.07) is -0.715. The lowest BCUT2D eigenvalue weighted by Crippen LogP contribution is -2.52. The van der Waals surface area contributed by atoms with Gasteiger partial charge in [-0.1, -0.05) is 5.16 Å². The minimum Gasteiger partial charge on any atom is -0.477 e. The van der Waals surface area contributed by atoms with Crippen LogP contribution in [0.5, 0.6) is 0 Å². The Bertz CT molecular complexity index is 472. The molecule has 9 nitrogen and oxygen atoms in total. The summed E-state index contributed by atoms with van der Waals surface area (Å²) in [5, 5.41) is 14.6. The van der Waals surface area contributed by atoms with Crippen molar-refractivity contribution in [2.45, 2.75) is 25.5 Å². The molecule has 0 radical (unpaired) electrons. The molecule has 0 bridgehead atoms. The average Bonchev–Trinajstić information content (AvgIpc) is 2.97. The molecule has 0 aliphatic carbocycles. The minimum atomic E-state index is -1.22. The average molecular weight is 299 g/mol. The fourth-order valence-corrected chi connectivity index (χ4v) is 2.07. The summed E-state index contributed by atoms with van der Waals surface area (Å²) >= 11 is 0. The number of ether oxygens (including phenoxy) is 1. The van der Waals surface area contributed by atoms with Gasteiger partial charge in [0.05, 0.1) is 13.2 Å². The predicted molar refractivity (Wildman–Crippen MR) is 69.6 cm³/mol. The molecule has 2 N–H and O–H groups in total. The number of amides is 2. The summed E-state index contributed by atoms with van der Waals surface area (Å²) in [6.07, 6.45) is -1.12.